The standard InChI is InChI=1S/C17H25ClN2O/c1-2-19-12-13-6-5-7-14(18)17(13)20-10-11-21-16-9-4-3-8-15(16)20/h5-7,15-16,19H,2-4,8-12H2,1H3. The number of nitrogens with one attached hydrogen (secondary N) is 1. The van der Waals surface area contributed by atoms with Gasteiger partial charge in [0.2, 0.25) is 0 Å². The predicted octanol–water partition coefficient (Wildman–Crippen LogP) is 3.60. The number of para-hydroxylation sites is 1. The molecule has 2 atom stereocenters. The summed E-state index contributed by atoms with van der Waals surface area (Å²) < 4.78 is 5.99. The molecule has 0 amide bonds. The SMILES string of the molecule is CCNCc1cccc(Cl)c1N1CCOC2CCCCC21. The van der Waals surface area contributed by atoms with Crippen LogP contribution in [-0.2, 0) is 11.3 Å². The van der Waals surface area contributed by atoms with E-state index in [0.29, 0.717) is 12.1 Å². The highest BCUT2D eigenvalue weighted by Gasteiger charge is 2.35. The van der Waals surface area contributed by atoms with E-state index in [9.17, 15) is 0 Å². The van der Waals surface area contributed by atoms with Gasteiger partial charge in [0.05, 0.1) is 29.5 Å². The Morgan fingerprint density at radius 3 is 3.05 bits per heavy atom. The normalized spacial score (nSPS) is 25.7. The first-order valence-electron chi connectivity index (χ1n) is 8.17. The van der Waals surface area contributed by atoms with Crippen LogP contribution in [0, 0.1) is 0 Å². The first-order valence-corrected chi connectivity index (χ1v) is 8.55. The Labute approximate surface area is 132 Å². The number of nitrogens with zero attached hydrogens (tertiary/aromatic N) is 1. The lowest BCUT2D eigenvalue weighted by Gasteiger charge is -2.46. The van der Waals surface area contributed by atoms with Gasteiger partial charge in [0, 0.05) is 13.1 Å². The van der Waals surface area contributed by atoms with E-state index in [1.54, 1.807) is 0 Å². The van der Waals surface area contributed by atoms with Crippen molar-refractivity contribution in [2.75, 3.05) is 24.6 Å². The van der Waals surface area contributed by atoms with Crippen molar-refractivity contribution in [1.29, 1.82) is 0 Å². The zero-order chi connectivity index (χ0) is 14.7. The van der Waals surface area contributed by atoms with Crippen LogP contribution in [0.2, 0.25) is 5.02 Å². The van der Waals surface area contributed by atoms with Gasteiger partial charge in [-0.3, -0.25) is 0 Å². The van der Waals surface area contributed by atoms with E-state index < -0.39 is 0 Å². The maximum Gasteiger partial charge on any atom is 0.0779 e. The maximum atomic E-state index is 6.56. The minimum atomic E-state index is 0.385. The lowest BCUT2D eigenvalue weighted by Crippen LogP contribution is -2.53. The van der Waals surface area contributed by atoms with Gasteiger partial charge in [-0.1, -0.05) is 43.5 Å². The number of rotatable bonds is 4. The number of hydrogen-bond acceptors (Lipinski definition) is 3. The van der Waals surface area contributed by atoms with Gasteiger partial charge >= 0.3 is 0 Å². The van der Waals surface area contributed by atoms with Gasteiger partial charge in [-0.15, -0.1) is 0 Å². The quantitative estimate of drug-likeness (QED) is 0.920. The average Bonchev–Trinajstić information content (AvgIpc) is 2.52. The molecule has 0 aromatic heterocycles. The Hall–Kier alpha value is -0.770. The van der Waals surface area contributed by atoms with Crippen molar-refractivity contribution in [2.24, 2.45) is 0 Å². The number of hydrogen-bond donors (Lipinski definition) is 1. The lowest BCUT2D eigenvalue weighted by atomic mass is 9.89. The summed E-state index contributed by atoms with van der Waals surface area (Å²) in [6.07, 6.45) is 5.39. The fourth-order valence-corrected chi connectivity index (χ4v) is 3.96. The van der Waals surface area contributed by atoms with Crippen molar-refractivity contribution < 1.29 is 4.74 Å². The molecule has 1 N–H and O–H groups in total. The van der Waals surface area contributed by atoms with E-state index >= 15 is 0 Å². The molecule has 1 aromatic rings. The highest BCUT2D eigenvalue weighted by molar-refractivity contribution is 6.33. The van der Waals surface area contributed by atoms with E-state index in [-0.39, 0.29) is 0 Å². The summed E-state index contributed by atoms with van der Waals surface area (Å²) >= 11 is 6.56. The largest absolute Gasteiger partial charge is 0.374 e. The van der Waals surface area contributed by atoms with Crippen LogP contribution < -0.4 is 10.2 Å². The van der Waals surface area contributed by atoms with Crippen LogP contribution >= 0.6 is 11.6 Å². The summed E-state index contributed by atoms with van der Waals surface area (Å²) in [7, 11) is 0. The Balaban J connectivity index is 1.90. The van der Waals surface area contributed by atoms with Crippen LogP contribution in [0.3, 0.4) is 0 Å². The Morgan fingerprint density at radius 1 is 1.33 bits per heavy atom. The molecular formula is C17H25ClN2O. The van der Waals surface area contributed by atoms with Crippen molar-refractivity contribution in [2.45, 2.75) is 51.3 Å². The van der Waals surface area contributed by atoms with Crippen LogP contribution in [0.4, 0.5) is 5.69 Å². The number of anilines is 1. The minimum Gasteiger partial charge on any atom is -0.374 e. The Morgan fingerprint density at radius 2 is 2.19 bits per heavy atom. The van der Waals surface area contributed by atoms with Gasteiger partial charge in [0.25, 0.3) is 0 Å². The molecule has 2 aliphatic rings. The molecule has 116 valence electrons. The third-order valence-electron chi connectivity index (χ3n) is 4.66. The number of halogens is 1. The second kappa shape index (κ2) is 6.99. The third-order valence-corrected chi connectivity index (χ3v) is 4.96. The molecule has 0 radical (unpaired) electrons. The van der Waals surface area contributed by atoms with Crippen LogP contribution in [0.5, 0.6) is 0 Å². The fourth-order valence-electron chi connectivity index (χ4n) is 3.66. The Bertz CT molecular complexity index is 478. The van der Waals surface area contributed by atoms with Gasteiger partial charge in [-0.25, -0.2) is 0 Å². The summed E-state index contributed by atoms with van der Waals surface area (Å²) in [4.78, 5) is 2.52. The Kier molecular flexibility index (Phi) is 5.04. The molecule has 4 heteroatoms. The monoisotopic (exact) mass is 308 g/mol. The molecule has 2 unspecified atom stereocenters. The van der Waals surface area contributed by atoms with Crippen LogP contribution in [0.1, 0.15) is 38.2 Å². The lowest BCUT2D eigenvalue weighted by molar-refractivity contribution is -0.00873. The summed E-state index contributed by atoms with van der Waals surface area (Å²) in [5.74, 6) is 0. The molecule has 2 fully saturated rings. The van der Waals surface area contributed by atoms with Gasteiger partial charge in [0.15, 0.2) is 0 Å². The van der Waals surface area contributed by atoms with Crippen molar-refractivity contribution in [3.8, 4) is 0 Å². The van der Waals surface area contributed by atoms with Crippen molar-refractivity contribution in [1.82, 2.24) is 5.32 Å². The number of morpholine rings is 1. The second-order valence-corrected chi connectivity index (χ2v) is 6.39. The van der Waals surface area contributed by atoms with E-state index in [0.717, 1.165) is 31.3 Å². The van der Waals surface area contributed by atoms with Gasteiger partial charge in [-0.05, 0) is 31.0 Å². The highest BCUT2D eigenvalue weighted by atomic mass is 35.5. The average molecular weight is 309 g/mol. The first-order chi connectivity index (χ1) is 10.3. The number of benzene rings is 1. The molecular weight excluding hydrogens is 284 g/mol. The fraction of sp³-hybridized carbons (Fsp3) is 0.647. The predicted molar refractivity (Wildman–Crippen MR) is 88.2 cm³/mol. The van der Waals surface area contributed by atoms with Crippen LogP contribution in [-0.4, -0.2) is 31.8 Å². The molecule has 1 aromatic carbocycles. The molecule has 3 nitrogen and oxygen atoms in total. The molecule has 1 saturated carbocycles. The minimum absolute atomic E-state index is 0.385. The molecule has 1 saturated heterocycles. The van der Waals surface area contributed by atoms with Crippen LogP contribution in [0.15, 0.2) is 18.2 Å². The summed E-state index contributed by atoms with van der Waals surface area (Å²) in [5, 5.41) is 4.30. The number of ether oxygens (including phenoxy) is 1. The zero-order valence-electron chi connectivity index (χ0n) is 12.8. The van der Waals surface area contributed by atoms with E-state index in [4.69, 9.17) is 16.3 Å². The molecule has 1 aliphatic carbocycles. The third kappa shape index (κ3) is 3.20. The molecule has 0 bridgehead atoms. The van der Waals surface area contributed by atoms with E-state index in [1.807, 2.05) is 6.07 Å². The molecule has 0 spiro atoms. The summed E-state index contributed by atoms with van der Waals surface area (Å²) in [6, 6.07) is 6.75. The summed E-state index contributed by atoms with van der Waals surface area (Å²) in [5.41, 5.74) is 2.52. The summed E-state index contributed by atoms with van der Waals surface area (Å²) in [6.45, 7) is 5.75. The van der Waals surface area contributed by atoms with Crippen molar-refractivity contribution in [3.05, 3.63) is 28.8 Å². The van der Waals surface area contributed by atoms with Gasteiger partial charge in [0.1, 0.15) is 0 Å². The van der Waals surface area contributed by atoms with Gasteiger partial charge in [-0.2, -0.15) is 0 Å². The molecule has 1 aliphatic heterocycles. The van der Waals surface area contributed by atoms with E-state index in [1.165, 1.54) is 36.9 Å². The highest BCUT2D eigenvalue weighted by Crippen LogP contribution is 2.37. The maximum absolute atomic E-state index is 6.56. The topological polar surface area (TPSA) is 24.5 Å². The van der Waals surface area contributed by atoms with E-state index in [2.05, 4.69) is 29.3 Å². The molecule has 21 heavy (non-hydrogen) atoms. The van der Waals surface area contributed by atoms with Crippen LogP contribution in [0.25, 0.3) is 0 Å². The van der Waals surface area contributed by atoms with Crippen molar-refractivity contribution in [3.63, 3.8) is 0 Å². The first kappa shape index (κ1) is 15.1. The molecule has 3 rings (SSSR count). The zero-order valence-corrected chi connectivity index (χ0v) is 13.5. The number of fused-ring (bicyclic) bond motifs is 1. The smallest absolute Gasteiger partial charge is 0.0779 e. The molecule has 1 heterocycles. The van der Waals surface area contributed by atoms with Crippen molar-refractivity contribution >= 4 is 17.3 Å². The van der Waals surface area contributed by atoms with Gasteiger partial charge < -0.3 is 15.0 Å². The second-order valence-electron chi connectivity index (χ2n) is 5.98.